The second-order valence-corrected chi connectivity index (χ2v) is 7.34. The van der Waals surface area contributed by atoms with Crippen molar-refractivity contribution < 1.29 is 9.13 Å². The van der Waals surface area contributed by atoms with Gasteiger partial charge in [-0.1, -0.05) is 24.6 Å². The van der Waals surface area contributed by atoms with Crippen LogP contribution in [0.5, 0.6) is 0 Å². The lowest BCUT2D eigenvalue weighted by molar-refractivity contribution is -0.100. The molecule has 2 heterocycles. The summed E-state index contributed by atoms with van der Waals surface area (Å²) in [5.41, 5.74) is 0.937. The van der Waals surface area contributed by atoms with E-state index in [0.717, 1.165) is 45.7 Å². The molecule has 1 aromatic carbocycles. The normalized spacial score (nSPS) is 22.5. The van der Waals surface area contributed by atoms with Gasteiger partial charge in [-0.3, -0.25) is 4.90 Å². The van der Waals surface area contributed by atoms with Crippen LogP contribution >= 0.6 is 11.6 Å². The third-order valence-corrected chi connectivity index (χ3v) is 5.10. The fraction of sp³-hybridized carbons (Fsp3) is 0.647. The summed E-state index contributed by atoms with van der Waals surface area (Å²) in [6, 6.07) is 5.46. The number of rotatable bonds is 5. The Morgan fingerprint density at radius 1 is 1.36 bits per heavy atom. The first kappa shape index (κ1) is 16.2. The first-order chi connectivity index (χ1) is 10.6. The Morgan fingerprint density at radius 3 is 2.68 bits per heavy atom. The minimum Gasteiger partial charge on any atom is -0.380 e. The molecule has 2 aliphatic heterocycles. The van der Waals surface area contributed by atoms with Gasteiger partial charge in [-0.15, -0.1) is 0 Å². The molecule has 5 heteroatoms. The summed E-state index contributed by atoms with van der Waals surface area (Å²) in [5.74, 6) is -0.203. The lowest BCUT2D eigenvalue weighted by Gasteiger charge is -2.40. The highest BCUT2D eigenvalue weighted by Gasteiger charge is 2.34. The molecule has 122 valence electrons. The molecule has 0 amide bonds. The number of ether oxygens (including phenoxy) is 1. The molecular weight excluding hydrogens is 303 g/mol. The summed E-state index contributed by atoms with van der Waals surface area (Å²) < 4.78 is 19.1. The zero-order chi connectivity index (χ0) is 15.6. The van der Waals surface area contributed by atoms with E-state index in [-0.39, 0.29) is 5.82 Å². The van der Waals surface area contributed by atoms with Gasteiger partial charge in [0.1, 0.15) is 5.82 Å². The molecule has 22 heavy (non-hydrogen) atoms. The molecule has 0 atom stereocenters. The van der Waals surface area contributed by atoms with Gasteiger partial charge in [-0.25, -0.2) is 4.39 Å². The monoisotopic (exact) mass is 326 g/mol. The molecule has 2 aliphatic rings. The topological polar surface area (TPSA) is 24.5 Å². The second kappa shape index (κ2) is 6.83. The van der Waals surface area contributed by atoms with Gasteiger partial charge >= 0.3 is 0 Å². The Labute approximate surface area is 136 Å². The fourth-order valence-corrected chi connectivity index (χ4v) is 3.37. The highest BCUT2D eigenvalue weighted by Crippen LogP contribution is 2.26. The maximum atomic E-state index is 13.8. The van der Waals surface area contributed by atoms with Crippen molar-refractivity contribution in [1.29, 1.82) is 0 Å². The number of halogens is 2. The number of nitrogens with one attached hydrogen (secondary N) is 1. The summed E-state index contributed by atoms with van der Waals surface area (Å²) in [7, 11) is 0. The van der Waals surface area contributed by atoms with Crippen molar-refractivity contribution >= 4 is 11.6 Å². The minimum absolute atomic E-state index is 0.203. The van der Waals surface area contributed by atoms with E-state index < -0.39 is 0 Å². The van der Waals surface area contributed by atoms with E-state index in [1.54, 1.807) is 12.1 Å². The van der Waals surface area contributed by atoms with E-state index in [1.807, 2.05) is 0 Å². The van der Waals surface area contributed by atoms with Crippen LogP contribution in [0.4, 0.5) is 4.39 Å². The van der Waals surface area contributed by atoms with Crippen molar-refractivity contribution in [2.45, 2.75) is 32.4 Å². The zero-order valence-electron chi connectivity index (χ0n) is 13.1. The van der Waals surface area contributed by atoms with E-state index in [4.69, 9.17) is 16.3 Å². The molecule has 0 saturated carbocycles. The first-order valence-electron chi connectivity index (χ1n) is 8.02. The molecule has 0 aliphatic carbocycles. The number of hydrogen-bond donors (Lipinski definition) is 1. The maximum Gasteiger partial charge on any atom is 0.129 e. The first-order valence-corrected chi connectivity index (χ1v) is 8.40. The average Bonchev–Trinajstić information content (AvgIpc) is 2.48. The van der Waals surface area contributed by atoms with Gasteiger partial charge in [-0.2, -0.15) is 0 Å². The lowest BCUT2D eigenvalue weighted by Crippen LogP contribution is -2.51. The summed E-state index contributed by atoms with van der Waals surface area (Å²) in [4.78, 5) is 2.29. The lowest BCUT2D eigenvalue weighted by atomic mass is 9.88. The van der Waals surface area contributed by atoms with Crippen LogP contribution in [0.3, 0.4) is 0 Å². The van der Waals surface area contributed by atoms with Crippen molar-refractivity contribution in [2.75, 3.05) is 32.8 Å². The van der Waals surface area contributed by atoms with Gasteiger partial charge in [0, 0.05) is 35.1 Å². The Kier molecular flexibility index (Phi) is 5.03. The molecule has 1 N–H and O–H groups in total. The predicted molar refractivity (Wildman–Crippen MR) is 86.6 cm³/mol. The highest BCUT2D eigenvalue weighted by atomic mass is 35.5. The molecule has 0 spiro atoms. The molecule has 0 unspecified atom stereocenters. The number of piperidine rings is 1. The molecule has 1 aromatic rings. The molecule has 3 rings (SSSR count). The van der Waals surface area contributed by atoms with Crippen LogP contribution in [0.2, 0.25) is 5.02 Å². The Balaban J connectivity index is 1.45. The van der Waals surface area contributed by atoms with E-state index in [9.17, 15) is 4.39 Å². The SMILES string of the molecule is CC1(CNC2CCN(Cc3c(F)cccc3Cl)CC2)COC1. The molecule has 0 aromatic heterocycles. The van der Waals surface area contributed by atoms with E-state index in [1.165, 1.54) is 6.07 Å². The second-order valence-electron chi connectivity index (χ2n) is 6.93. The van der Waals surface area contributed by atoms with Gasteiger partial charge in [-0.05, 0) is 38.1 Å². The van der Waals surface area contributed by atoms with E-state index in [0.29, 0.717) is 28.6 Å². The van der Waals surface area contributed by atoms with E-state index >= 15 is 0 Å². The van der Waals surface area contributed by atoms with Crippen molar-refractivity contribution in [2.24, 2.45) is 5.41 Å². The molecule has 0 radical (unpaired) electrons. The fourth-order valence-electron chi connectivity index (χ4n) is 3.15. The summed E-state index contributed by atoms with van der Waals surface area (Å²) in [6.45, 7) is 7.58. The van der Waals surface area contributed by atoms with Crippen molar-refractivity contribution in [1.82, 2.24) is 10.2 Å². The average molecular weight is 327 g/mol. The highest BCUT2D eigenvalue weighted by molar-refractivity contribution is 6.31. The van der Waals surface area contributed by atoms with Crippen molar-refractivity contribution in [3.05, 3.63) is 34.6 Å². The molecule has 2 fully saturated rings. The van der Waals surface area contributed by atoms with Crippen LogP contribution in [0, 0.1) is 11.2 Å². The Morgan fingerprint density at radius 2 is 2.09 bits per heavy atom. The third-order valence-electron chi connectivity index (χ3n) is 4.75. The smallest absolute Gasteiger partial charge is 0.129 e. The van der Waals surface area contributed by atoms with Gasteiger partial charge in [0.25, 0.3) is 0 Å². The number of benzene rings is 1. The minimum atomic E-state index is -0.203. The Hall–Kier alpha value is -0.680. The van der Waals surface area contributed by atoms with Crippen molar-refractivity contribution in [3.8, 4) is 0 Å². The van der Waals surface area contributed by atoms with E-state index in [2.05, 4.69) is 17.1 Å². The third kappa shape index (κ3) is 3.80. The van der Waals surface area contributed by atoms with Gasteiger partial charge in [0.2, 0.25) is 0 Å². The molecule has 0 bridgehead atoms. The number of hydrogen-bond acceptors (Lipinski definition) is 3. The largest absolute Gasteiger partial charge is 0.380 e. The molecule has 2 saturated heterocycles. The molecule has 3 nitrogen and oxygen atoms in total. The summed E-state index contributed by atoms with van der Waals surface area (Å²) >= 11 is 6.11. The standard InChI is InChI=1S/C17H24ClFN2O/c1-17(11-22-12-17)10-20-13-5-7-21(8-6-13)9-14-15(18)3-2-4-16(14)19/h2-4,13,20H,5-12H2,1H3. The van der Waals surface area contributed by atoms with Crippen LogP contribution < -0.4 is 5.32 Å². The van der Waals surface area contributed by atoms with Crippen LogP contribution in [-0.2, 0) is 11.3 Å². The number of likely N-dealkylation sites (tertiary alicyclic amines) is 1. The predicted octanol–water partition coefficient (Wildman–Crippen LogP) is 3.07. The van der Waals surface area contributed by atoms with Crippen LogP contribution in [-0.4, -0.2) is 43.8 Å². The van der Waals surface area contributed by atoms with Gasteiger partial charge in [0.05, 0.1) is 13.2 Å². The van der Waals surface area contributed by atoms with Crippen LogP contribution in [0.1, 0.15) is 25.3 Å². The summed E-state index contributed by atoms with van der Waals surface area (Å²) in [5, 5.41) is 4.19. The van der Waals surface area contributed by atoms with Crippen LogP contribution in [0.15, 0.2) is 18.2 Å². The Bertz CT molecular complexity index is 493. The van der Waals surface area contributed by atoms with Gasteiger partial charge in [0.15, 0.2) is 0 Å². The number of nitrogens with zero attached hydrogens (tertiary/aromatic N) is 1. The van der Waals surface area contributed by atoms with Crippen molar-refractivity contribution in [3.63, 3.8) is 0 Å². The zero-order valence-corrected chi connectivity index (χ0v) is 13.8. The summed E-state index contributed by atoms with van der Waals surface area (Å²) in [6.07, 6.45) is 2.20. The molecular formula is C17H24ClFN2O. The van der Waals surface area contributed by atoms with Gasteiger partial charge < -0.3 is 10.1 Å². The van der Waals surface area contributed by atoms with Crippen LogP contribution in [0.25, 0.3) is 0 Å². The maximum absolute atomic E-state index is 13.8. The quantitative estimate of drug-likeness (QED) is 0.900.